The molecule has 0 heterocycles. The number of rotatable bonds is 68. The first kappa shape index (κ1) is 84.1. The Morgan fingerprint density at radius 2 is 0.465 bits per heavy atom. The molecule has 0 fully saturated rings. The van der Waals surface area contributed by atoms with E-state index in [1.54, 1.807) is 0 Å². The molecular formula is C67H130O17P2. The normalized spacial score (nSPS) is 14.1. The van der Waals surface area contributed by atoms with E-state index in [9.17, 15) is 43.2 Å². The van der Waals surface area contributed by atoms with Crippen LogP contribution in [0.2, 0.25) is 0 Å². The predicted octanol–water partition coefficient (Wildman–Crippen LogP) is 19.1. The number of phosphoric acid groups is 2. The van der Waals surface area contributed by atoms with E-state index in [0.29, 0.717) is 25.7 Å². The van der Waals surface area contributed by atoms with Crippen molar-refractivity contribution < 1.29 is 80.2 Å². The molecule has 0 amide bonds. The third-order valence-corrected chi connectivity index (χ3v) is 17.5. The predicted molar refractivity (Wildman–Crippen MR) is 345 cm³/mol. The van der Waals surface area contributed by atoms with Gasteiger partial charge in [0.2, 0.25) is 0 Å². The van der Waals surface area contributed by atoms with Gasteiger partial charge >= 0.3 is 39.5 Å². The molecule has 3 N–H and O–H groups in total. The van der Waals surface area contributed by atoms with Crippen LogP contribution in [0.1, 0.15) is 349 Å². The average molecular weight is 1270 g/mol. The number of hydrogen-bond donors (Lipinski definition) is 3. The second kappa shape index (κ2) is 61.9. The van der Waals surface area contributed by atoms with Crippen molar-refractivity contribution >= 4 is 39.5 Å². The maximum Gasteiger partial charge on any atom is 0.472 e. The largest absolute Gasteiger partial charge is 0.472 e. The fraction of sp³-hybridized carbons (Fsp3) is 0.940. The monoisotopic (exact) mass is 1270 g/mol. The van der Waals surface area contributed by atoms with Crippen molar-refractivity contribution in [2.24, 2.45) is 0 Å². The van der Waals surface area contributed by atoms with E-state index in [0.717, 1.165) is 89.9 Å². The van der Waals surface area contributed by atoms with E-state index in [-0.39, 0.29) is 25.7 Å². The molecule has 19 heteroatoms. The zero-order chi connectivity index (χ0) is 63.3. The Kier molecular flexibility index (Phi) is 60.5. The standard InChI is InChI=1S/C67H130O17P2/c1-5-9-13-17-21-25-29-31-33-37-40-44-48-52-65(70)78-58-63(84-67(72)54-50-46-42-38-34-32-30-26-22-18-14-10-6-2)60-82-86(75,76)80-56-61(68)55-79-85(73,74)81-59-62(83-66(71)53-49-45-41-36-28-24-20-16-12-8-4)57-77-64(69)51-47-43-39-35-27-23-19-15-11-7-3/h61-63,68H,5-60H2,1-4H3,(H,73,74)(H,75,76)/t61-,62+,63+/m0/s1. The number of carbonyl (C=O) groups is 4. The molecule has 0 spiro atoms. The van der Waals surface area contributed by atoms with Gasteiger partial charge in [0, 0.05) is 25.7 Å². The van der Waals surface area contributed by atoms with Gasteiger partial charge in [0.25, 0.3) is 0 Å². The first-order valence-corrected chi connectivity index (χ1v) is 38.3. The van der Waals surface area contributed by atoms with Crippen LogP contribution in [0.3, 0.4) is 0 Å². The number of aliphatic hydroxyl groups excluding tert-OH is 1. The summed E-state index contributed by atoms with van der Waals surface area (Å²) in [6.45, 7) is 4.91. The molecule has 17 nitrogen and oxygen atoms in total. The second-order valence-electron chi connectivity index (χ2n) is 24.2. The smallest absolute Gasteiger partial charge is 0.462 e. The minimum atomic E-state index is -4.95. The summed E-state index contributed by atoms with van der Waals surface area (Å²) >= 11 is 0. The van der Waals surface area contributed by atoms with Crippen molar-refractivity contribution in [3.05, 3.63) is 0 Å². The number of phosphoric ester groups is 2. The lowest BCUT2D eigenvalue weighted by Gasteiger charge is -2.21. The highest BCUT2D eigenvalue weighted by molar-refractivity contribution is 7.47. The molecule has 510 valence electrons. The van der Waals surface area contributed by atoms with Crippen LogP contribution in [-0.2, 0) is 65.4 Å². The van der Waals surface area contributed by atoms with Crippen LogP contribution in [0.25, 0.3) is 0 Å². The van der Waals surface area contributed by atoms with Gasteiger partial charge in [-0.15, -0.1) is 0 Å². The molecule has 0 rings (SSSR count). The molecule has 0 aromatic rings. The van der Waals surface area contributed by atoms with Crippen molar-refractivity contribution in [2.75, 3.05) is 39.6 Å². The quantitative estimate of drug-likeness (QED) is 0.0222. The Labute approximate surface area is 524 Å². The maximum atomic E-state index is 13.0. The van der Waals surface area contributed by atoms with Crippen molar-refractivity contribution in [1.82, 2.24) is 0 Å². The third kappa shape index (κ3) is 60.9. The van der Waals surface area contributed by atoms with E-state index in [1.807, 2.05) is 0 Å². The van der Waals surface area contributed by atoms with Crippen molar-refractivity contribution in [3.8, 4) is 0 Å². The highest BCUT2D eigenvalue weighted by Crippen LogP contribution is 2.45. The lowest BCUT2D eigenvalue weighted by atomic mass is 10.0. The van der Waals surface area contributed by atoms with Crippen LogP contribution in [0.4, 0.5) is 0 Å². The summed E-state index contributed by atoms with van der Waals surface area (Å²) in [4.78, 5) is 72.3. The molecule has 0 radical (unpaired) electrons. The van der Waals surface area contributed by atoms with Gasteiger partial charge in [-0.25, -0.2) is 9.13 Å². The molecule has 0 saturated carbocycles. The highest BCUT2D eigenvalue weighted by atomic mass is 31.2. The molecule has 2 unspecified atom stereocenters. The molecule has 0 aliphatic carbocycles. The lowest BCUT2D eigenvalue weighted by Crippen LogP contribution is -2.30. The van der Waals surface area contributed by atoms with Crippen LogP contribution in [0.15, 0.2) is 0 Å². The molecule has 5 atom stereocenters. The zero-order valence-corrected chi connectivity index (χ0v) is 57.1. The van der Waals surface area contributed by atoms with Crippen LogP contribution in [0.5, 0.6) is 0 Å². The van der Waals surface area contributed by atoms with Gasteiger partial charge < -0.3 is 33.8 Å². The SMILES string of the molecule is CCCCCCCCCCCCCCCC(=O)OC[C@H](COP(=O)(O)OC[C@@H](O)COP(=O)(O)OC[C@@H](COC(=O)CCCCCCCCCCCC)OC(=O)CCCCCCCCCCCC)OC(=O)CCCCCCCCCCCCCCC. The lowest BCUT2D eigenvalue weighted by molar-refractivity contribution is -0.161. The molecule has 0 saturated heterocycles. The highest BCUT2D eigenvalue weighted by Gasteiger charge is 2.30. The molecule has 0 bridgehead atoms. The van der Waals surface area contributed by atoms with Gasteiger partial charge in [0.05, 0.1) is 26.4 Å². The fourth-order valence-corrected chi connectivity index (χ4v) is 11.7. The zero-order valence-electron chi connectivity index (χ0n) is 55.3. The Hall–Kier alpha value is -1.94. The first-order chi connectivity index (χ1) is 41.7. The van der Waals surface area contributed by atoms with E-state index >= 15 is 0 Å². The Bertz CT molecular complexity index is 1650. The van der Waals surface area contributed by atoms with E-state index in [4.69, 9.17) is 37.0 Å². The van der Waals surface area contributed by atoms with Gasteiger partial charge in [-0.1, -0.05) is 297 Å². The summed E-state index contributed by atoms with van der Waals surface area (Å²) in [5.74, 6) is -2.12. The van der Waals surface area contributed by atoms with Gasteiger partial charge in [-0.05, 0) is 25.7 Å². The second-order valence-corrected chi connectivity index (χ2v) is 27.1. The van der Waals surface area contributed by atoms with Crippen molar-refractivity contribution in [2.45, 2.75) is 367 Å². The Morgan fingerprint density at radius 1 is 0.279 bits per heavy atom. The van der Waals surface area contributed by atoms with Crippen LogP contribution in [0, 0.1) is 0 Å². The van der Waals surface area contributed by atoms with Gasteiger partial charge in [-0.2, -0.15) is 0 Å². The summed E-state index contributed by atoms with van der Waals surface area (Å²) in [6.07, 6.45) is 48.3. The number of aliphatic hydroxyl groups is 1. The number of esters is 4. The minimum Gasteiger partial charge on any atom is -0.462 e. The van der Waals surface area contributed by atoms with E-state index in [1.165, 1.54) is 180 Å². The number of unbranched alkanes of at least 4 members (excludes halogenated alkanes) is 42. The van der Waals surface area contributed by atoms with Gasteiger partial charge in [0.15, 0.2) is 12.2 Å². The number of carbonyl (C=O) groups excluding carboxylic acids is 4. The van der Waals surface area contributed by atoms with Crippen LogP contribution >= 0.6 is 15.6 Å². The fourth-order valence-electron chi connectivity index (χ4n) is 10.2. The average Bonchev–Trinajstić information content (AvgIpc) is 3.64. The summed E-state index contributed by atoms with van der Waals surface area (Å²) < 4.78 is 68.1. The van der Waals surface area contributed by atoms with Crippen molar-refractivity contribution in [3.63, 3.8) is 0 Å². The number of ether oxygens (including phenoxy) is 4. The molecule has 0 aliphatic heterocycles. The molecule has 86 heavy (non-hydrogen) atoms. The van der Waals surface area contributed by atoms with Gasteiger partial charge in [-0.3, -0.25) is 37.3 Å². The molecular weight excluding hydrogens is 1140 g/mol. The summed E-state index contributed by atoms with van der Waals surface area (Å²) in [5.41, 5.74) is 0. The summed E-state index contributed by atoms with van der Waals surface area (Å²) in [7, 11) is -9.89. The summed E-state index contributed by atoms with van der Waals surface area (Å²) in [6, 6.07) is 0. The van der Waals surface area contributed by atoms with E-state index in [2.05, 4.69) is 27.7 Å². The maximum absolute atomic E-state index is 13.0. The first-order valence-electron chi connectivity index (χ1n) is 35.3. The third-order valence-electron chi connectivity index (χ3n) is 15.6. The molecule has 0 aromatic heterocycles. The molecule has 0 aliphatic rings. The summed E-state index contributed by atoms with van der Waals surface area (Å²) in [5, 5.41) is 10.6. The van der Waals surface area contributed by atoms with Crippen LogP contribution in [-0.4, -0.2) is 96.7 Å². The molecule has 0 aromatic carbocycles. The van der Waals surface area contributed by atoms with Crippen molar-refractivity contribution in [1.29, 1.82) is 0 Å². The van der Waals surface area contributed by atoms with E-state index < -0.39 is 97.5 Å². The van der Waals surface area contributed by atoms with Crippen LogP contribution < -0.4 is 0 Å². The Balaban J connectivity index is 5.23. The Morgan fingerprint density at radius 3 is 0.686 bits per heavy atom. The van der Waals surface area contributed by atoms with Gasteiger partial charge in [0.1, 0.15) is 19.3 Å². The number of hydrogen-bond acceptors (Lipinski definition) is 15. The minimum absolute atomic E-state index is 0.107. The topological polar surface area (TPSA) is 237 Å².